The molecular weight excluding hydrogens is 238 g/mol. The summed E-state index contributed by atoms with van der Waals surface area (Å²) >= 11 is 0. The minimum atomic E-state index is -0.711. The Morgan fingerprint density at radius 1 is 1.44 bits per heavy atom. The predicted octanol–water partition coefficient (Wildman–Crippen LogP) is 1.95. The van der Waals surface area contributed by atoms with E-state index in [9.17, 15) is 14.9 Å². The highest BCUT2D eigenvalue weighted by Crippen LogP contribution is 2.26. The number of ether oxygens (including phenoxy) is 1. The lowest BCUT2D eigenvalue weighted by atomic mass is 10.3. The zero-order chi connectivity index (χ0) is 13.0. The van der Waals surface area contributed by atoms with Crippen molar-refractivity contribution in [3.63, 3.8) is 0 Å². The molecule has 2 rings (SSSR count). The Balaban J connectivity index is 2.14. The summed E-state index contributed by atoms with van der Waals surface area (Å²) < 4.78 is 4.97. The second-order valence-corrected chi connectivity index (χ2v) is 3.39. The molecule has 1 aromatic carbocycles. The van der Waals surface area contributed by atoms with Gasteiger partial charge in [0.25, 0.3) is 0 Å². The Kier molecular flexibility index (Phi) is 3.33. The molecule has 0 radical (unpaired) electrons. The Bertz CT molecular complexity index is 539. The summed E-state index contributed by atoms with van der Waals surface area (Å²) in [6.07, 6.45) is 3.81. The number of amides is 1. The Labute approximate surface area is 102 Å². The quantitative estimate of drug-likeness (QED) is 0.590. The smallest absolute Gasteiger partial charge is 0.403 e. The molecule has 0 unspecified atom stereocenters. The molecule has 0 saturated heterocycles. The molecule has 7 nitrogen and oxygen atoms in total. The summed E-state index contributed by atoms with van der Waals surface area (Å²) in [5.74, 6) is -0.0875. The van der Waals surface area contributed by atoms with Crippen LogP contribution in [0.15, 0.2) is 41.5 Å². The maximum Gasteiger partial charge on any atom is 0.421 e. The first-order chi connectivity index (χ1) is 8.68. The second-order valence-electron chi connectivity index (χ2n) is 3.39. The summed E-state index contributed by atoms with van der Waals surface area (Å²) in [7, 11) is 0. The summed E-state index contributed by atoms with van der Waals surface area (Å²) in [5, 5.41) is 10.7. The summed E-state index contributed by atoms with van der Waals surface area (Å²) in [6, 6.07) is 5.69. The molecule has 1 aromatic rings. The van der Waals surface area contributed by atoms with Gasteiger partial charge in [-0.3, -0.25) is 15.0 Å². The first kappa shape index (κ1) is 11.8. The van der Waals surface area contributed by atoms with Crippen molar-refractivity contribution >= 4 is 18.1 Å². The van der Waals surface area contributed by atoms with Gasteiger partial charge >= 0.3 is 11.8 Å². The van der Waals surface area contributed by atoms with Crippen molar-refractivity contribution in [3.8, 4) is 5.75 Å². The number of hydrogen-bond donors (Lipinski definition) is 0. The van der Waals surface area contributed by atoms with E-state index in [1.54, 1.807) is 18.3 Å². The zero-order valence-corrected chi connectivity index (χ0v) is 9.22. The summed E-state index contributed by atoms with van der Waals surface area (Å²) in [5.41, 5.74) is -0.254. The molecule has 0 aliphatic carbocycles. The Morgan fingerprint density at radius 3 is 2.89 bits per heavy atom. The Hall–Kier alpha value is -2.70. The van der Waals surface area contributed by atoms with E-state index in [0.29, 0.717) is 6.54 Å². The van der Waals surface area contributed by atoms with Crippen molar-refractivity contribution in [3.05, 3.63) is 46.7 Å². The van der Waals surface area contributed by atoms with Gasteiger partial charge in [0.15, 0.2) is 0 Å². The molecule has 0 aromatic heterocycles. The van der Waals surface area contributed by atoms with Crippen LogP contribution in [0.25, 0.3) is 0 Å². The van der Waals surface area contributed by atoms with Gasteiger partial charge in [-0.15, -0.1) is 0 Å². The van der Waals surface area contributed by atoms with E-state index in [1.165, 1.54) is 29.4 Å². The van der Waals surface area contributed by atoms with Crippen LogP contribution in [-0.4, -0.2) is 28.8 Å². The number of para-hydroxylation sites is 2. The van der Waals surface area contributed by atoms with Crippen LogP contribution in [0.4, 0.5) is 10.5 Å². The molecule has 0 fully saturated rings. The number of nitrogens with zero attached hydrogens (tertiary/aromatic N) is 3. The molecule has 18 heavy (non-hydrogen) atoms. The van der Waals surface area contributed by atoms with Crippen LogP contribution in [0.5, 0.6) is 5.75 Å². The molecular formula is C11H9N3O4. The molecule has 1 heterocycles. The van der Waals surface area contributed by atoms with E-state index in [1.807, 2.05) is 0 Å². The standard InChI is InChI=1S/C11H9N3O4/c15-11(13-7-3-6-12-8-13)18-10-5-2-1-4-9(10)14(16)17/h1-6,8H,7H2. The lowest BCUT2D eigenvalue weighted by Gasteiger charge is -2.16. The first-order valence-corrected chi connectivity index (χ1v) is 5.08. The van der Waals surface area contributed by atoms with E-state index >= 15 is 0 Å². The van der Waals surface area contributed by atoms with E-state index in [-0.39, 0.29) is 11.4 Å². The molecule has 1 amide bonds. The fraction of sp³-hybridized carbons (Fsp3) is 0.0909. The predicted molar refractivity (Wildman–Crippen MR) is 63.5 cm³/mol. The van der Waals surface area contributed by atoms with Crippen LogP contribution >= 0.6 is 0 Å². The van der Waals surface area contributed by atoms with Crippen molar-refractivity contribution in [1.82, 2.24) is 4.90 Å². The van der Waals surface area contributed by atoms with E-state index in [4.69, 9.17) is 4.74 Å². The molecule has 0 bridgehead atoms. The van der Waals surface area contributed by atoms with E-state index in [2.05, 4.69) is 4.99 Å². The third-order valence-corrected chi connectivity index (χ3v) is 2.19. The van der Waals surface area contributed by atoms with Gasteiger partial charge < -0.3 is 4.74 Å². The number of aliphatic imine (C=N–C) groups is 1. The number of hydrogen-bond acceptors (Lipinski definition) is 5. The first-order valence-electron chi connectivity index (χ1n) is 5.08. The maximum atomic E-state index is 11.7. The molecule has 0 N–H and O–H groups in total. The van der Waals surface area contributed by atoms with Crippen LogP contribution in [0.3, 0.4) is 0 Å². The number of carbonyl (C=O) groups excluding carboxylic acids is 1. The number of rotatable bonds is 2. The highest BCUT2D eigenvalue weighted by Gasteiger charge is 2.20. The molecule has 0 atom stereocenters. The van der Waals surface area contributed by atoms with Gasteiger partial charge in [0, 0.05) is 18.8 Å². The molecule has 0 spiro atoms. The minimum Gasteiger partial charge on any atom is -0.403 e. The lowest BCUT2D eigenvalue weighted by molar-refractivity contribution is -0.385. The highest BCUT2D eigenvalue weighted by molar-refractivity contribution is 5.85. The number of benzene rings is 1. The van der Waals surface area contributed by atoms with Gasteiger partial charge in [-0.2, -0.15) is 0 Å². The van der Waals surface area contributed by atoms with Gasteiger partial charge in [-0.25, -0.2) is 9.79 Å². The van der Waals surface area contributed by atoms with Crippen LogP contribution in [0, 0.1) is 10.1 Å². The minimum absolute atomic E-state index is 0.0875. The Morgan fingerprint density at radius 2 is 2.22 bits per heavy atom. The number of nitro groups is 1. The van der Waals surface area contributed by atoms with Gasteiger partial charge in [-0.1, -0.05) is 12.1 Å². The van der Waals surface area contributed by atoms with Crippen LogP contribution < -0.4 is 4.74 Å². The molecule has 92 valence electrons. The average Bonchev–Trinajstić information content (AvgIpc) is 2.40. The van der Waals surface area contributed by atoms with Gasteiger partial charge in [0.05, 0.1) is 4.92 Å². The maximum absolute atomic E-state index is 11.7. The summed E-state index contributed by atoms with van der Waals surface area (Å²) in [4.78, 5) is 26.8. The topological polar surface area (TPSA) is 85.0 Å². The van der Waals surface area contributed by atoms with E-state index < -0.39 is 11.0 Å². The third kappa shape index (κ3) is 2.51. The highest BCUT2D eigenvalue weighted by atomic mass is 16.6. The molecule has 0 saturated carbocycles. The second kappa shape index (κ2) is 5.09. The van der Waals surface area contributed by atoms with Crippen LogP contribution in [-0.2, 0) is 0 Å². The zero-order valence-electron chi connectivity index (χ0n) is 9.22. The van der Waals surface area contributed by atoms with Gasteiger partial charge in [0.1, 0.15) is 6.34 Å². The van der Waals surface area contributed by atoms with Crippen LogP contribution in [0.2, 0.25) is 0 Å². The number of nitro benzene ring substituents is 1. The van der Waals surface area contributed by atoms with Crippen molar-refractivity contribution in [2.24, 2.45) is 4.99 Å². The van der Waals surface area contributed by atoms with Crippen molar-refractivity contribution in [1.29, 1.82) is 0 Å². The molecule has 1 aliphatic rings. The summed E-state index contributed by atoms with van der Waals surface area (Å²) in [6.45, 7) is 0.322. The van der Waals surface area contributed by atoms with Crippen molar-refractivity contribution < 1.29 is 14.5 Å². The SMILES string of the molecule is O=C(Oc1ccccc1[N+](=O)[O-])N1C=NC=CC1. The van der Waals surface area contributed by atoms with Crippen LogP contribution in [0.1, 0.15) is 0 Å². The normalized spacial score (nSPS) is 13.4. The number of carbonyl (C=O) groups is 1. The monoisotopic (exact) mass is 247 g/mol. The van der Waals surface area contributed by atoms with Gasteiger partial charge in [-0.05, 0) is 12.1 Å². The molecule has 7 heteroatoms. The van der Waals surface area contributed by atoms with Crippen molar-refractivity contribution in [2.75, 3.05) is 6.54 Å². The largest absolute Gasteiger partial charge is 0.421 e. The fourth-order valence-corrected chi connectivity index (χ4v) is 1.36. The lowest BCUT2D eigenvalue weighted by Crippen LogP contribution is -2.33. The van der Waals surface area contributed by atoms with Gasteiger partial charge in [0.2, 0.25) is 5.75 Å². The van der Waals surface area contributed by atoms with E-state index in [0.717, 1.165) is 0 Å². The molecule has 1 aliphatic heterocycles. The average molecular weight is 247 g/mol. The fourth-order valence-electron chi connectivity index (χ4n) is 1.36. The third-order valence-electron chi connectivity index (χ3n) is 2.19. The van der Waals surface area contributed by atoms with Crippen molar-refractivity contribution in [2.45, 2.75) is 0 Å².